The van der Waals surface area contributed by atoms with Crippen molar-refractivity contribution in [3.63, 3.8) is 0 Å². The van der Waals surface area contributed by atoms with Crippen molar-refractivity contribution in [2.75, 3.05) is 32.8 Å². The van der Waals surface area contributed by atoms with Crippen LogP contribution in [0.4, 0.5) is 0 Å². The highest BCUT2D eigenvalue weighted by molar-refractivity contribution is 14.0. The Balaban J connectivity index is 0.00000392. The molecule has 6 nitrogen and oxygen atoms in total. The molecule has 0 atom stereocenters. The molecule has 0 saturated heterocycles. The standard InChI is InChI=1S/C21H39N5O.HI/c1-4-22-20(24-13-8-9-15-26-16-14-23-19(26)3)25-18-21(10-6-7-11-21)12-17-27-5-2;/h14,16H,4-13,15,17-18H2,1-3H3,(H2,22,24,25);1H. The van der Waals surface area contributed by atoms with Crippen LogP contribution < -0.4 is 10.6 Å². The second-order valence-electron chi connectivity index (χ2n) is 7.65. The van der Waals surface area contributed by atoms with E-state index < -0.39 is 0 Å². The molecule has 0 amide bonds. The Morgan fingerprint density at radius 1 is 1.25 bits per heavy atom. The van der Waals surface area contributed by atoms with Crippen molar-refractivity contribution < 1.29 is 4.74 Å². The van der Waals surface area contributed by atoms with Gasteiger partial charge in [-0.2, -0.15) is 0 Å². The van der Waals surface area contributed by atoms with Crippen LogP contribution in [0.3, 0.4) is 0 Å². The summed E-state index contributed by atoms with van der Waals surface area (Å²) < 4.78 is 7.83. The lowest BCUT2D eigenvalue weighted by molar-refractivity contribution is 0.107. The third-order valence-corrected chi connectivity index (χ3v) is 5.60. The number of guanidine groups is 1. The first-order chi connectivity index (χ1) is 13.2. The fourth-order valence-electron chi connectivity index (χ4n) is 3.89. The minimum absolute atomic E-state index is 0. The first-order valence-electron chi connectivity index (χ1n) is 10.8. The van der Waals surface area contributed by atoms with Gasteiger partial charge >= 0.3 is 0 Å². The van der Waals surface area contributed by atoms with Gasteiger partial charge in [0.15, 0.2) is 5.96 Å². The Labute approximate surface area is 188 Å². The minimum atomic E-state index is 0. The molecule has 2 rings (SSSR count). The monoisotopic (exact) mass is 505 g/mol. The second kappa shape index (κ2) is 14.2. The Bertz CT molecular complexity index is 555. The van der Waals surface area contributed by atoms with E-state index in [0.29, 0.717) is 5.41 Å². The first kappa shape index (κ1) is 25.2. The molecule has 0 bridgehead atoms. The van der Waals surface area contributed by atoms with Gasteiger partial charge in [0, 0.05) is 51.8 Å². The van der Waals surface area contributed by atoms with Crippen LogP contribution in [0.5, 0.6) is 0 Å². The molecule has 1 fully saturated rings. The van der Waals surface area contributed by atoms with E-state index >= 15 is 0 Å². The highest BCUT2D eigenvalue weighted by Crippen LogP contribution is 2.41. The summed E-state index contributed by atoms with van der Waals surface area (Å²) in [6.45, 7) is 11.7. The molecule has 0 radical (unpaired) electrons. The number of imidazole rings is 1. The van der Waals surface area contributed by atoms with E-state index in [0.717, 1.165) is 70.4 Å². The van der Waals surface area contributed by atoms with Gasteiger partial charge in [0.05, 0.1) is 0 Å². The van der Waals surface area contributed by atoms with Crippen LogP contribution in [0.2, 0.25) is 0 Å². The van der Waals surface area contributed by atoms with Crippen molar-refractivity contribution in [3.8, 4) is 0 Å². The lowest BCUT2D eigenvalue weighted by Crippen LogP contribution is -2.39. The Kier molecular flexibility index (Phi) is 12.8. The number of halogens is 1. The summed E-state index contributed by atoms with van der Waals surface area (Å²) in [6.07, 6.45) is 12.6. The smallest absolute Gasteiger partial charge is 0.191 e. The topological polar surface area (TPSA) is 63.5 Å². The van der Waals surface area contributed by atoms with Gasteiger partial charge in [-0.25, -0.2) is 4.98 Å². The zero-order valence-corrected chi connectivity index (χ0v) is 20.3. The third kappa shape index (κ3) is 8.68. The van der Waals surface area contributed by atoms with Crippen LogP contribution in [0.1, 0.15) is 64.6 Å². The highest BCUT2D eigenvalue weighted by atomic mass is 127. The Morgan fingerprint density at radius 3 is 2.68 bits per heavy atom. The normalized spacial score (nSPS) is 16.0. The molecular weight excluding hydrogens is 465 g/mol. The lowest BCUT2D eigenvalue weighted by atomic mass is 9.83. The zero-order valence-electron chi connectivity index (χ0n) is 18.0. The van der Waals surface area contributed by atoms with Crippen LogP contribution in [0.25, 0.3) is 0 Å². The van der Waals surface area contributed by atoms with E-state index in [9.17, 15) is 0 Å². The second-order valence-corrected chi connectivity index (χ2v) is 7.65. The summed E-state index contributed by atoms with van der Waals surface area (Å²) in [4.78, 5) is 9.20. The number of nitrogens with zero attached hydrogens (tertiary/aromatic N) is 3. The summed E-state index contributed by atoms with van der Waals surface area (Å²) in [5.41, 5.74) is 0.344. The van der Waals surface area contributed by atoms with Crippen molar-refractivity contribution in [3.05, 3.63) is 18.2 Å². The van der Waals surface area contributed by atoms with E-state index in [-0.39, 0.29) is 24.0 Å². The van der Waals surface area contributed by atoms with Gasteiger partial charge in [-0.05, 0) is 58.3 Å². The summed E-state index contributed by atoms with van der Waals surface area (Å²) in [5, 5.41) is 6.90. The van der Waals surface area contributed by atoms with E-state index in [2.05, 4.69) is 47.2 Å². The molecule has 1 aromatic rings. The molecule has 162 valence electrons. The van der Waals surface area contributed by atoms with Gasteiger partial charge in [-0.15, -0.1) is 24.0 Å². The molecule has 1 heterocycles. The number of unbranched alkanes of at least 4 members (excludes halogenated alkanes) is 1. The number of hydrogen-bond donors (Lipinski definition) is 2. The van der Waals surface area contributed by atoms with Crippen LogP contribution in [-0.4, -0.2) is 48.4 Å². The van der Waals surface area contributed by atoms with E-state index in [4.69, 9.17) is 9.73 Å². The molecule has 0 aliphatic heterocycles. The van der Waals surface area contributed by atoms with Gasteiger partial charge in [0.2, 0.25) is 0 Å². The average Bonchev–Trinajstić information content (AvgIpc) is 3.29. The van der Waals surface area contributed by atoms with Crippen molar-refractivity contribution >= 4 is 29.9 Å². The van der Waals surface area contributed by atoms with E-state index in [1.54, 1.807) is 0 Å². The number of aryl methyl sites for hydroxylation is 2. The third-order valence-electron chi connectivity index (χ3n) is 5.60. The average molecular weight is 505 g/mol. The van der Waals surface area contributed by atoms with Gasteiger partial charge in [-0.3, -0.25) is 4.99 Å². The van der Waals surface area contributed by atoms with Crippen molar-refractivity contribution in [2.24, 2.45) is 10.4 Å². The molecule has 0 unspecified atom stereocenters. The Morgan fingerprint density at radius 2 is 2.04 bits per heavy atom. The maximum atomic E-state index is 5.62. The summed E-state index contributed by atoms with van der Waals surface area (Å²) >= 11 is 0. The maximum absolute atomic E-state index is 5.62. The van der Waals surface area contributed by atoms with Gasteiger partial charge in [-0.1, -0.05) is 12.8 Å². The molecule has 2 N–H and O–H groups in total. The molecule has 0 aromatic carbocycles. The largest absolute Gasteiger partial charge is 0.382 e. The summed E-state index contributed by atoms with van der Waals surface area (Å²) in [6, 6.07) is 0. The lowest BCUT2D eigenvalue weighted by Gasteiger charge is -2.27. The molecule has 28 heavy (non-hydrogen) atoms. The summed E-state index contributed by atoms with van der Waals surface area (Å²) in [5.74, 6) is 2.05. The van der Waals surface area contributed by atoms with Gasteiger partial charge in [0.1, 0.15) is 5.82 Å². The van der Waals surface area contributed by atoms with Crippen LogP contribution in [0.15, 0.2) is 17.4 Å². The Hall–Kier alpha value is -0.830. The van der Waals surface area contributed by atoms with Crippen LogP contribution in [-0.2, 0) is 11.3 Å². The summed E-state index contributed by atoms with van der Waals surface area (Å²) in [7, 11) is 0. The quantitative estimate of drug-likeness (QED) is 0.194. The number of nitrogens with one attached hydrogen (secondary N) is 2. The fourth-order valence-corrected chi connectivity index (χ4v) is 3.89. The van der Waals surface area contributed by atoms with E-state index in [1.807, 2.05) is 6.20 Å². The van der Waals surface area contributed by atoms with Crippen LogP contribution in [0, 0.1) is 12.3 Å². The van der Waals surface area contributed by atoms with Crippen molar-refractivity contribution in [1.29, 1.82) is 0 Å². The molecule has 1 saturated carbocycles. The predicted octanol–water partition coefficient (Wildman–Crippen LogP) is 4.13. The van der Waals surface area contributed by atoms with Gasteiger partial charge < -0.3 is 19.9 Å². The predicted molar refractivity (Wildman–Crippen MR) is 128 cm³/mol. The number of ether oxygens (including phenoxy) is 1. The zero-order chi connectivity index (χ0) is 19.4. The molecule has 0 spiro atoms. The molecule has 7 heteroatoms. The SMILES string of the molecule is CCNC(=NCC1(CCOCC)CCCC1)NCCCCn1ccnc1C.I. The number of aliphatic imine (C=N–C) groups is 1. The fraction of sp³-hybridized carbons (Fsp3) is 0.810. The highest BCUT2D eigenvalue weighted by Gasteiger charge is 2.33. The van der Waals surface area contributed by atoms with Crippen LogP contribution >= 0.6 is 24.0 Å². The van der Waals surface area contributed by atoms with Crippen molar-refractivity contribution in [1.82, 2.24) is 20.2 Å². The number of rotatable bonds is 12. The van der Waals surface area contributed by atoms with Gasteiger partial charge in [0.25, 0.3) is 0 Å². The maximum Gasteiger partial charge on any atom is 0.191 e. The van der Waals surface area contributed by atoms with Crippen molar-refractivity contribution in [2.45, 2.75) is 72.3 Å². The number of hydrogen-bond acceptors (Lipinski definition) is 3. The minimum Gasteiger partial charge on any atom is -0.382 e. The molecule has 1 aliphatic carbocycles. The molecule has 1 aliphatic rings. The number of aromatic nitrogens is 2. The molecular formula is C21H40IN5O. The molecule has 1 aromatic heterocycles. The van der Waals surface area contributed by atoms with E-state index in [1.165, 1.54) is 25.7 Å². The first-order valence-corrected chi connectivity index (χ1v) is 10.8.